The van der Waals surface area contributed by atoms with E-state index in [1.807, 2.05) is 0 Å². The zero-order valence-corrected chi connectivity index (χ0v) is 10.7. The Morgan fingerprint density at radius 1 is 1.39 bits per heavy atom. The number of allylic oxidation sites excluding steroid dienone is 1. The van der Waals surface area contributed by atoms with Crippen molar-refractivity contribution in [2.45, 2.75) is 32.6 Å². The van der Waals surface area contributed by atoms with Crippen LogP contribution in [0.3, 0.4) is 0 Å². The van der Waals surface area contributed by atoms with Crippen LogP contribution in [0.4, 0.5) is 4.39 Å². The molecular formula is C15H19FO2. The highest BCUT2D eigenvalue weighted by Crippen LogP contribution is 2.17. The summed E-state index contributed by atoms with van der Waals surface area (Å²) in [4.78, 5) is 11.3. The van der Waals surface area contributed by atoms with E-state index in [1.165, 1.54) is 25.0 Å². The van der Waals surface area contributed by atoms with Crippen molar-refractivity contribution < 1.29 is 13.9 Å². The van der Waals surface area contributed by atoms with Crippen molar-refractivity contribution in [3.63, 3.8) is 0 Å². The second-order valence-corrected chi connectivity index (χ2v) is 4.12. The Morgan fingerprint density at radius 3 is 2.78 bits per heavy atom. The molecule has 3 heteroatoms. The van der Waals surface area contributed by atoms with Gasteiger partial charge in [0.2, 0.25) is 0 Å². The first-order valence-electron chi connectivity index (χ1n) is 6.28. The number of carbonyl (C=O) groups excluding carboxylic acids is 1. The molecule has 0 aliphatic heterocycles. The topological polar surface area (TPSA) is 26.3 Å². The average Bonchev–Trinajstić information content (AvgIpc) is 2.38. The molecule has 0 N–H and O–H groups in total. The van der Waals surface area contributed by atoms with Gasteiger partial charge in [-0.25, -0.2) is 4.39 Å². The monoisotopic (exact) mass is 250 g/mol. The van der Waals surface area contributed by atoms with E-state index in [-0.39, 0.29) is 5.56 Å². The summed E-state index contributed by atoms with van der Waals surface area (Å²) in [6.45, 7) is 6.05. The van der Waals surface area contributed by atoms with Gasteiger partial charge in [-0.15, -0.1) is 0 Å². The van der Waals surface area contributed by atoms with E-state index in [0.29, 0.717) is 12.4 Å². The fourth-order valence-corrected chi connectivity index (χ4v) is 1.61. The standard InChI is InChI=1S/C15H19FO2/c1-3-5-6-7-10-18-12-8-9-13(14(16)11-12)15(17)4-2/h4,8-9,11H,2-3,5-7,10H2,1H3. The average molecular weight is 250 g/mol. The highest BCUT2D eigenvalue weighted by Gasteiger charge is 2.09. The van der Waals surface area contributed by atoms with E-state index < -0.39 is 11.6 Å². The summed E-state index contributed by atoms with van der Waals surface area (Å²) in [5, 5.41) is 0. The number of carbonyl (C=O) groups is 1. The quantitative estimate of drug-likeness (QED) is 0.393. The molecule has 1 rings (SSSR count). The molecule has 0 aliphatic rings. The number of hydrogen-bond acceptors (Lipinski definition) is 2. The number of hydrogen-bond donors (Lipinski definition) is 0. The minimum Gasteiger partial charge on any atom is -0.493 e. The molecule has 0 heterocycles. The molecule has 18 heavy (non-hydrogen) atoms. The van der Waals surface area contributed by atoms with Crippen molar-refractivity contribution >= 4 is 5.78 Å². The first-order valence-corrected chi connectivity index (χ1v) is 6.28. The first kappa shape index (κ1) is 14.4. The number of benzene rings is 1. The Labute approximate surface area is 107 Å². The number of unbranched alkanes of at least 4 members (excludes halogenated alkanes) is 3. The molecule has 0 atom stereocenters. The Bertz CT molecular complexity index is 413. The number of rotatable bonds is 8. The smallest absolute Gasteiger partial charge is 0.188 e. The molecule has 2 nitrogen and oxygen atoms in total. The fourth-order valence-electron chi connectivity index (χ4n) is 1.61. The van der Waals surface area contributed by atoms with Crippen LogP contribution in [0.5, 0.6) is 5.75 Å². The zero-order chi connectivity index (χ0) is 13.4. The number of halogens is 1. The van der Waals surface area contributed by atoms with Crippen molar-refractivity contribution in [2.24, 2.45) is 0 Å². The molecular weight excluding hydrogens is 231 g/mol. The minimum atomic E-state index is -0.564. The normalized spacial score (nSPS) is 10.1. The first-order chi connectivity index (χ1) is 8.69. The summed E-state index contributed by atoms with van der Waals surface area (Å²) in [5.41, 5.74) is 0.0309. The van der Waals surface area contributed by atoms with E-state index in [2.05, 4.69) is 13.5 Å². The summed E-state index contributed by atoms with van der Waals surface area (Å²) >= 11 is 0. The molecule has 0 bridgehead atoms. The Morgan fingerprint density at radius 2 is 2.17 bits per heavy atom. The van der Waals surface area contributed by atoms with Crippen LogP contribution in [-0.2, 0) is 0 Å². The lowest BCUT2D eigenvalue weighted by atomic mass is 10.1. The third kappa shape index (κ3) is 4.32. The van der Waals surface area contributed by atoms with Crippen LogP contribution in [0.2, 0.25) is 0 Å². The van der Waals surface area contributed by atoms with Gasteiger partial charge in [0.15, 0.2) is 5.78 Å². The summed E-state index contributed by atoms with van der Waals surface area (Å²) < 4.78 is 19.0. The lowest BCUT2D eigenvalue weighted by molar-refractivity contribution is 0.104. The third-order valence-electron chi connectivity index (χ3n) is 2.66. The Hall–Kier alpha value is -1.64. The molecule has 0 amide bonds. The lowest BCUT2D eigenvalue weighted by Crippen LogP contribution is -2.01. The van der Waals surface area contributed by atoms with Crippen LogP contribution in [-0.4, -0.2) is 12.4 Å². The molecule has 0 aromatic heterocycles. The van der Waals surface area contributed by atoms with Gasteiger partial charge in [0.25, 0.3) is 0 Å². The molecule has 1 aromatic carbocycles. The van der Waals surface area contributed by atoms with Crippen LogP contribution in [0.1, 0.15) is 43.0 Å². The van der Waals surface area contributed by atoms with Crippen molar-refractivity contribution in [3.8, 4) is 5.75 Å². The van der Waals surface area contributed by atoms with E-state index >= 15 is 0 Å². The van der Waals surface area contributed by atoms with Gasteiger partial charge in [0.1, 0.15) is 11.6 Å². The molecule has 0 radical (unpaired) electrons. The van der Waals surface area contributed by atoms with Crippen LogP contribution in [0, 0.1) is 5.82 Å². The van der Waals surface area contributed by atoms with Crippen molar-refractivity contribution in [1.29, 1.82) is 0 Å². The Kier molecular flexibility index (Phi) is 6.12. The van der Waals surface area contributed by atoms with Gasteiger partial charge in [-0.3, -0.25) is 4.79 Å². The van der Waals surface area contributed by atoms with E-state index in [9.17, 15) is 9.18 Å². The van der Waals surface area contributed by atoms with Crippen LogP contribution in [0.15, 0.2) is 30.9 Å². The lowest BCUT2D eigenvalue weighted by Gasteiger charge is -2.07. The molecule has 1 aromatic rings. The predicted octanol–water partition coefficient (Wildman–Crippen LogP) is 4.15. The molecule has 0 saturated carbocycles. The number of ether oxygens (including phenoxy) is 1. The summed E-state index contributed by atoms with van der Waals surface area (Å²) in [5.74, 6) is -0.516. The van der Waals surface area contributed by atoms with E-state index in [4.69, 9.17) is 4.74 Å². The maximum atomic E-state index is 13.6. The van der Waals surface area contributed by atoms with Gasteiger partial charge in [-0.05, 0) is 24.6 Å². The molecule has 98 valence electrons. The van der Waals surface area contributed by atoms with E-state index in [0.717, 1.165) is 18.9 Å². The molecule has 0 fully saturated rings. The van der Waals surface area contributed by atoms with Gasteiger partial charge >= 0.3 is 0 Å². The molecule has 0 unspecified atom stereocenters. The predicted molar refractivity (Wildman–Crippen MR) is 70.6 cm³/mol. The molecule has 0 aliphatic carbocycles. The second kappa shape index (κ2) is 7.64. The van der Waals surface area contributed by atoms with Gasteiger partial charge in [-0.1, -0.05) is 32.8 Å². The largest absolute Gasteiger partial charge is 0.493 e. The zero-order valence-electron chi connectivity index (χ0n) is 10.7. The summed E-state index contributed by atoms with van der Waals surface area (Å²) in [7, 11) is 0. The van der Waals surface area contributed by atoms with Crippen molar-refractivity contribution in [2.75, 3.05) is 6.61 Å². The van der Waals surface area contributed by atoms with Crippen LogP contribution in [0.25, 0.3) is 0 Å². The van der Waals surface area contributed by atoms with Crippen molar-refractivity contribution in [1.82, 2.24) is 0 Å². The second-order valence-electron chi connectivity index (χ2n) is 4.12. The maximum absolute atomic E-state index is 13.6. The van der Waals surface area contributed by atoms with Gasteiger partial charge in [0, 0.05) is 6.07 Å². The summed E-state index contributed by atoms with van der Waals surface area (Å²) in [6.07, 6.45) is 5.54. The fraction of sp³-hybridized carbons (Fsp3) is 0.400. The van der Waals surface area contributed by atoms with Gasteiger partial charge < -0.3 is 4.74 Å². The van der Waals surface area contributed by atoms with Crippen LogP contribution >= 0.6 is 0 Å². The Balaban J connectivity index is 2.51. The van der Waals surface area contributed by atoms with Crippen LogP contribution < -0.4 is 4.74 Å². The van der Waals surface area contributed by atoms with Gasteiger partial charge in [-0.2, -0.15) is 0 Å². The van der Waals surface area contributed by atoms with Crippen molar-refractivity contribution in [3.05, 3.63) is 42.2 Å². The van der Waals surface area contributed by atoms with Gasteiger partial charge in [0.05, 0.1) is 12.2 Å². The van der Waals surface area contributed by atoms with E-state index in [1.54, 1.807) is 6.07 Å². The third-order valence-corrected chi connectivity index (χ3v) is 2.66. The highest BCUT2D eigenvalue weighted by atomic mass is 19.1. The molecule has 0 saturated heterocycles. The minimum absolute atomic E-state index is 0.0309. The number of ketones is 1. The summed E-state index contributed by atoms with van der Waals surface area (Å²) in [6, 6.07) is 4.29. The highest BCUT2D eigenvalue weighted by molar-refractivity contribution is 6.04. The molecule has 0 spiro atoms. The SMILES string of the molecule is C=CC(=O)c1ccc(OCCCCCC)cc1F. The maximum Gasteiger partial charge on any atom is 0.188 e.